The standard InChI is InChI=1S/C19H27N5OS/c25-19(16-9-12-24(23-16)14-5-3-10-20-13-14)21-11-4-8-18-22-15-6-1-2-7-17(15)26-18/h9,12,14,20H,1-8,10-11,13H2,(H,21,25). The molecule has 3 heterocycles. The van der Waals surface area contributed by atoms with E-state index in [-0.39, 0.29) is 5.91 Å². The quantitative estimate of drug-likeness (QED) is 0.763. The predicted octanol–water partition coefficient (Wildman–Crippen LogP) is 2.51. The number of carbonyl (C=O) groups excluding carboxylic acids is 1. The van der Waals surface area contributed by atoms with Crippen molar-refractivity contribution in [2.45, 2.75) is 57.4 Å². The van der Waals surface area contributed by atoms with E-state index in [1.165, 1.54) is 34.8 Å². The fourth-order valence-corrected chi connectivity index (χ4v) is 4.96. The van der Waals surface area contributed by atoms with Gasteiger partial charge in [-0.05, 0) is 57.6 Å². The first kappa shape index (κ1) is 17.7. The van der Waals surface area contributed by atoms with Gasteiger partial charge in [0.25, 0.3) is 5.91 Å². The monoisotopic (exact) mass is 373 g/mol. The van der Waals surface area contributed by atoms with Crippen molar-refractivity contribution in [1.82, 2.24) is 25.4 Å². The Morgan fingerprint density at radius 3 is 3.12 bits per heavy atom. The number of carbonyl (C=O) groups is 1. The molecule has 140 valence electrons. The van der Waals surface area contributed by atoms with Crippen molar-refractivity contribution in [3.8, 4) is 0 Å². The zero-order valence-electron chi connectivity index (χ0n) is 15.2. The van der Waals surface area contributed by atoms with Crippen LogP contribution < -0.4 is 10.6 Å². The molecular formula is C19H27N5OS. The van der Waals surface area contributed by atoms with Gasteiger partial charge in [-0.15, -0.1) is 11.3 Å². The van der Waals surface area contributed by atoms with E-state index in [1.54, 1.807) is 0 Å². The number of nitrogens with zero attached hydrogens (tertiary/aromatic N) is 3. The van der Waals surface area contributed by atoms with Crippen LogP contribution in [0.25, 0.3) is 0 Å². The van der Waals surface area contributed by atoms with Gasteiger partial charge < -0.3 is 10.6 Å². The van der Waals surface area contributed by atoms with Crippen LogP contribution in [0.4, 0.5) is 0 Å². The third kappa shape index (κ3) is 4.15. The average molecular weight is 374 g/mol. The first-order chi connectivity index (χ1) is 12.8. The number of thiazole rings is 1. The molecule has 0 spiro atoms. The minimum absolute atomic E-state index is 0.0778. The molecular weight excluding hydrogens is 346 g/mol. The molecule has 1 aliphatic heterocycles. The second kappa shape index (κ2) is 8.31. The highest BCUT2D eigenvalue weighted by Gasteiger charge is 2.18. The summed E-state index contributed by atoms with van der Waals surface area (Å²) in [7, 11) is 0. The topological polar surface area (TPSA) is 71.8 Å². The largest absolute Gasteiger partial charge is 0.351 e. The van der Waals surface area contributed by atoms with E-state index >= 15 is 0 Å². The highest BCUT2D eigenvalue weighted by atomic mass is 32.1. The number of aryl methyl sites for hydroxylation is 3. The van der Waals surface area contributed by atoms with Crippen molar-refractivity contribution < 1.29 is 4.79 Å². The molecule has 1 unspecified atom stereocenters. The zero-order valence-corrected chi connectivity index (χ0v) is 16.0. The minimum atomic E-state index is -0.0778. The highest BCUT2D eigenvalue weighted by molar-refractivity contribution is 7.11. The lowest BCUT2D eigenvalue weighted by molar-refractivity contribution is 0.0947. The zero-order chi connectivity index (χ0) is 17.8. The summed E-state index contributed by atoms with van der Waals surface area (Å²) >= 11 is 1.86. The lowest BCUT2D eigenvalue weighted by Crippen LogP contribution is -2.32. The summed E-state index contributed by atoms with van der Waals surface area (Å²) in [6, 6.07) is 2.18. The average Bonchev–Trinajstić information content (AvgIpc) is 3.32. The number of aromatic nitrogens is 3. The summed E-state index contributed by atoms with van der Waals surface area (Å²) in [5.41, 5.74) is 1.84. The Morgan fingerprint density at radius 2 is 2.27 bits per heavy atom. The highest BCUT2D eigenvalue weighted by Crippen LogP contribution is 2.27. The predicted molar refractivity (Wildman–Crippen MR) is 103 cm³/mol. The van der Waals surface area contributed by atoms with Crippen LogP contribution in [0.5, 0.6) is 0 Å². The smallest absolute Gasteiger partial charge is 0.271 e. The SMILES string of the molecule is O=C(NCCCc1nc2c(s1)CCCC2)c1ccn(C2CCCNC2)n1. The van der Waals surface area contributed by atoms with Crippen LogP contribution in [0, 0.1) is 0 Å². The molecule has 2 aromatic rings. The molecule has 1 saturated heterocycles. The third-order valence-electron chi connectivity index (χ3n) is 5.23. The molecule has 6 nitrogen and oxygen atoms in total. The number of piperidine rings is 1. The van der Waals surface area contributed by atoms with Gasteiger partial charge in [-0.2, -0.15) is 5.10 Å². The Kier molecular flexibility index (Phi) is 5.65. The Bertz CT molecular complexity index is 723. The van der Waals surface area contributed by atoms with Crippen molar-refractivity contribution >= 4 is 17.2 Å². The molecule has 0 saturated carbocycles. The maximum atomic E-state index is 12.3. The van der Waals surface area contributed by atoms with Gasteiger partial charge in [0.1, 0.15) is 5.69 Å². The lowest BCUT2D eigenvalue weighted by Gasteiger charge is -2.22. The fourth-order valence-electron chi connectivity index (χ4n) is 3.77. The van der Waals surface area contributed by atoms with Crippen LogP contribution in [0.2, 0.25) is 0 Å². The molecule has 4 rings (SSSR count). The second-order valence-corrected chi connectivity index (χ2v) is 8.39. The van der Waals surface area contributed by atoms with E-state index in [2.05, 4.69) is 15.7 Å². The van der Waals surface area contributed by atoms with Gasteiger partial charge in [0.05, 0.1) is 16.7 Å². The van der Waals surface area contributed by atoms with Crippen LogP contribution in [-0.2, 0) is 19.3 Å². The number of amides is 1. The van der Waals surface area contributed by atoms with Crippen LogP contribution >= 0.6 is 11.3 Å². The molecule has 2 N–H and O–H groups in total. The van der Waals surface area contributed by atoms with Gasteiger partial charge in [-0.25, -0.2) is 4.98 Å². The molecule has 7 heteroatoms. The molecule has 2 aromatic heterocycles. The lowest BCUT2D eigenvalue weighted by atomic mass is 10.0. The van der Waals surface area contributed by atoms with Crippen molar-refractivity contribution in [2.24, 2.45) is 0 Å². The summed E-state index contributed by atoms with van der Waals surface area (Å²) in [4.78, 5) is 18.5. The number of rotatable bonds is 6. The summed E-state index contributed by atoms with van der Waals surface area (Å²) in [5, 5.41) is 12.1. The number of fused-ring (bicyclic) bond motifs is 1. The molecule has 0 bridgehead atoms. The van der Waals surface area contributed by atoms with E-state index in [0.717, 1.165) is 45.2 Å². The summed E-state index contributed by atoms with van der Waals surface area (Å²) in [5.74, 6) is -0.0778. The molecule has 2 aliphatic rings. The summed E-state index contributed by atoms with van der Waals surface area (Å²) in [6.45, 7) is 2.68. The van der Waals surface area contributed by atoms with E-state index < -0.39 is 0 Å². The van der Waals surface area contributed by atoms with Gasteiger partial charge in [-0.1, -0.05) is 0 Å². The van der Waals surface area contributed by atoms with Crippen molar-refractivity contribution in [1.29, 1.82) is 0 Å². The molecule has 1 amide bonds. The fraction of sp³-hybridized carbons (Fsp3) is 0.632. The first-order valence-corrected chi connectivity index (χ1v) is 10.6. The third-order valence-corrected chi connectivity index (χ3v) is 6.45. The van der Waals surface area contributed by atoms with Crippen molar-refractivity contribution in [2.75, 3.05) is 19.6 Å². The minimum Gasteiger partial charge on any atom is -0.351 e. The molecule has 1 fully saturated rings. The normalized spacial score (nSPS) is 19.9. The van der Waals surface area contributed by atoms with Crippen molar-refractivity contribution in [3.63, 3.8) is 0 Å². The van der Waals surface area contributed by atoms with Crippen LogP contribution in [-0.4, -0.2) is 40.3 Å². The molecule has 0 aromatic carbocycles. The van der Waals surface area contributed by atoms with Gasteiger partial charge in [-0.3, -0.25) is 9.48 Å². The maximum absolute atomic E-state index is 12.3. The number of hydrogen-bond acceptors (Lipinski definition) is 5. The molecule has 0 radical (unpaired) electrons. The maximum Gasteiger partial charge on any atom is 0.271 e. The van der Waals surface area contributed by atoms with Crippen LogP contribution in [0.15, 0.2) is 12.3 Å². The Hall–Kier alpha value is -1.73. The Labute approximate surface area is 158 Å². The Balaban J connectivity index is 1.22. The second-order valence-electron chi connectivity index (χ2n) is 7.23. The first-order valence-electron chi connectivity index (χ1n) is 9.81. The molecule has 26 heavy (non-hydrogen) atoms. The van der Waals surface area contributed by atoms with E-state index in [1.807, 2.05) is 28.3 Å². The number of hydrogen-bond donors (Lipinski definition) is 2. The van der Waals surface area contributed by atoms with E-state index in [0.29, 0.717) is 18.3 Å². The van der Waals surface area contributed by atoms with Crippen LogP contribution in [0.3, 0.4) is 0 Å². The number of nitrogens with one attached hydrogen (secondary N) is 2. The van der Waals surface area contributed by atoms with Gasteiger partial charge in [0.2, 0.25) is 0 Å². The van der Waals surface area contributed by atoms with Gasteiger partial charge in [0, 0.05) is 30.6 Å². The Morgan fingerprint density at radius 1 is 1.35 bits per heavy atom. The molecule has 1 aliphatic carbocycles. The van der Waals surface area contributed by atoms with Crippen LogP contribution in [0.1, 0.15) is 64.2 Å². The van der Waals surface area contributed by atoms with Gasteiger partial charge in [0.15, 0.2) is 0 Å². The van der Waals surface area contributed by atoms with E-state index in [9.17, 15) is 4.79 Å². The summed E-state index contributed by atoms with van der Waals surface area (Å²) in [6.07, 6.45) is 11.0. The van der Waals surface area contributed by atoms with Gasteiger partial charge >= 0.3 is 0 Å². The van der Waals surface area contributed by atoms with Crippen molar-refractivity contribution in [3.05, 3.63) is 33.5 Å². The molecule has 1 atom stereocenters. The summed E-state index contributed by atoms with van der Waals surface area (Å²) < 4.78 is 1.93. The van der Waals surface area contributed by atoms with E-state index in [4.69, 9.17) is 4.98 Å².